The molecule has 0 bridgehead atoms. The van der Waals surface area contributed by atoms with E-state index in [0.717, 1.165) is 22.3 Å². The number of nitrogens with one attached hydrogen (secondary N) is 2. The van der Waals surface area contributed by atoms with Crippen LogP contribution >= 0.6 is 0 Å². The minimum Gasteiger partial charge on any atom is -0.478 e. The van der Waals surface area contributed by atoms with Gasteiger partial charge in [-0.2, -0.15) is 0 Å². The summed E-state index contributed by atoms with van der Waals surface area (Å²) in [4.78, 5) is 37.4. The molecule has 7 nitrogen and oxygen atoms in total. The van der Waals surface area contributed by atoms with E-state index < -0.39 is 24.0 Å². The average Bonchev–Trinajstić information content (AvgIpc) is 3.14. The summed E-state index contributed by atoms with van der Waals surface area (Å²) in [6.45, 7) is 5.38. The number of hydrogen-bond acceptors (Lipinski definition) is 4. The predicted molar refractivity (Wildman–Crippen MR) is 134 cm³/mol. The molecule has 0 saturated heterocycles. The number of anilines is 1. The first-order valence-corrected chi connectivity index (χ1v) is 11.5. The van der Waals surface area contributed by atoms with Crippen molar-refractivity contribution in [3.63, 3.8) is 0 Å². The van der Waals surface area contributed by atoms with Gasteiger partial charge in [-0.1, -0.05) is 74.5 Å². The lowest BCUT2D eigenvalue weighted by atomic mass is 9.98. The first kappa shape index (κ1) is 24.0. The van der Waals surface area contributed by atoms with Gasteiger partial charge < -0.3 is 20.5 Å². The Morgan fingerprint density at radius 2 is 1.51 bits per heavy atom. The smallest absolute Gasteiger partial charge is 0.407 e. The first-order valence-electron chi connectivity index (χ1n) is 11.5. The molecule has 0 heterocycles. The van der Waals surface area contributed by atoms with Crippen LogP contribution in [-0.4, -0.2) is 35.7 Å². The van der Waals surface area contributed by atoms with Gasteiger partial charge in [0, 0.05) is 5.92 Å². The number of carboxylic acids is 1. The molecule has 2 amide bonds. The summed E-state index contributed by atoms with van der Waals surface area (Å²) in [5.41, 5.74) is 5.18. The molecule has 3 aromatic carbocycles. The summed E-state index contributed by atoms with van der Waals surface area (Å²) in [6.07, 6.45) is -0.705. The van der Waals surface area contributed by atoms with Crippen molar-refractivity contribution < 1.29 is 24.2 Å². The number of carboxylic acid groups (broad SMARTS) is 1. The number of carbonyl (C=O) groups is 3. The maximum atomic E-state index is 13.0. The minimum absolute atomic E-state index is 0.0181. The van der Waals surface area contributed by atoms with Crippen LogP contribution in [0.5, 0.6) is 0 Å². The molecular formula is C28H28N2O5. The average molecular weight is 473 g/mol. The van der Waals surface area contributed by atoms with Crippen molar-refractivity contribution in [1.82, 2.24) is 5.32 Å². The van der Waals surface area contributed by atoms with E-state index in [1.807, 2.05) is 36.4 Å². The standard InChI is InChI=1S/C28H28N2O5/c1-16(2)25(26(31)29-23-14-8-9-17(3)24(23)27(32)33)30-28(34)35-15-22-20-12-6-4-10-18(20)19-11-5-7-13-21(19)22/h4-14,16,22,25H,15H2,1-3H3,(H,29,31)(H,30,34)(H,32,33)/t25-/m0/s1. The number of hydrogen-bond donors (Lipinski definition) is 3. The maximum absolute atomic E-state index is 13.0. The Kier molecular flexibility index (Phi) is 6.87. The van der Waals surface area contributed by atoms with Crippen LogP contribution in [-0.2, 0) is 9.53 Å². The van der Waals surface area contributed by atoms with Gasteiger partial charge >= 0.3 is 12.1 Å². The van der Waals surface area contributed by atoms with Gasteiger partial charge in [0.1, 0.15) is 12.6 Å². The third-order valence-electron chi connectivity index (χ3n) is 6.31. The van der Waals surface area contributed by atoms with Crippen molar-refractivity contribution in [2.75, 3.05) is 11.9 Å². The molecule has 3 N–H and O–H groups in total. The highest BCUT2D eigenvalue weighted by Crippen LogP contribution is 2.44. The zero-order chi connectivity index (χ0) is 25.1. The van der Waals surface area contributed by atoms with E-state index in [0.29, 0.717) is 5.56 Å². The number of amides is 2. The van der Waals surface area contributed by atoms with Crippen LogP contribution in [0.2, 0.25) is 0 Å². The SMILES string of the molecule is Cc1cccc(NC(=O)[C@@H](NC(=O)OCC2c3ccccc3-c3ccccc32)C(C)C)c1C(=O)O. The van der Waals surface area contributed by atoms with Crippen LogP contribution in [0.1, 0.15) is 46.8 Å². The molecule has 0 fully saturated rings. The Bertz CT molecular complexity index is 1240. The number of fused-ring (bicyclic) bond motifs is 3. The highest BCUT2D eigenvalue weighted by atomic mass is 16.5. The Labute approximate surface area is 204 Å². The number of ether oxygens (including phenoxy) is 1. The summed E-state index contributed by atoms with van der Waals surface area (Å²) < 4.78 is 5.58. The first-order chi connectivity index (χ1) is 16.8. The van der Waals surface area contributed by atoms with E-state index in [-0.39, 0.29) is 29.7 Å². The molecule has 180 valence electrons. The van der Waals surface area contributed by atoms with Crippen molar-refractivity contribution >= 4 is 23.7 Å². The topological polar surface area (TPSA) is 105 Å². The molecule has 35 heavy (non-hydrogen) atoms. The third-order valence-corrected chi connectivity index (χ3v) is 6.31. The third kappa shape index (κ3) is 4.89. The van der Waals surface area contributed by atoms with Gasteiger partial charge in [-0.05, 0) is 46.7 Å². The molecule has 0 saturated carbocycles. The van der Waals surface area contributed by atoms with Crippen LogP contribution in [0.15, 0.2) is 66.7 Å². The van der Waals surface area contributed by atoms with Crippen LogP contribution in [0.4, 0.5) is 10.5 Å². The zero-order valence-corrected chi connectivity index (χ0v) is 19.9. The molecule has 1 atom stereocenters. The second-order valence-corrected chi connectivity index (χ2v) is 8.98. The van der Waals surface area contributed by atoms with E-state index in [1.165, 1.54) is 6.07 Å². The molecule has 0 aromatic heterocycles. The number of aromatic carboxylic acids is 1. The second kappa shape index (κ2) is 10.0. The fourth-order valence-electron chi connectivity index (χ4n) is 4.57. The van der Waals surface area contributed by atoms with Gasteiger partial charge in [0.2, 0.25) is 5.91 Å². The number of aryl methyl sites for hydroxylation is 1. The van der Waals surface area contributed by atoms with Crippen molar-refractivity contribution in [2.24, 2.45) is 5.92 Å². The largest absolute Gasteiger partial charge is 0.478 e. The summed E-state index contributed by atoms with van der Waals surface area (Å²) >= 11 is 0. The van der Waals surface area contributed by atoms with E-state index in [4.69, 9.17) is 4.74 Å². The number of carbonyl (C=O) groups excluding carboxylic acids is 2. The second-order valence-electron chi connectivity index (χ2n) is 8.98. The van der Waals surface area contributed by atoms with Gasteiger partial charge in [0.25, 0.3) is 0 Å². The maximum Gasteiger partial charge on any atom is 0.407 e. The number of alkyl carbamates (subject to hydrolysis) is 1. The number of benzene rings is 3. The lowest BCUT2D eigenvalue weighted by molar-refractivity contribution is -0.119. The molecule has 7 heteroatoms. The molecule has 0 spiro atoms. The summed E-state index contributed by atoms with van der Waals surface area (Å²) in [7, 11) is 0. The van der Waals surface area contributed by atoms with Crippen molar-refractivity contribution in [1.29, 1.82) is 0 Å². The fraction of sp³-hybridized carbons (Fsp3) is 0.250. The van der Waals surface area contributed by atoms with Crippen LogP contribution in [0.3, 0.4) is 0 Å². The van der Waals surface area contributed by atoms with E-state index in [9.17, 15) is 19.5 Å². The molecule has 1 aliphatic rings. The molecule has 0 aliphatic heterocycles. The van der Waals surface area contributed by atoms with Gasteiger partial charge in [0.15, 0.2) is 0 Å². The molecule has 1 aliphatic carbocycles. The lowest BCUT2D eigenvalue weighted by Gasteiger charge is -2.23. The van der Waals surface area contributed by atoms with E-state index >= 15 is 0 Å². The molecule has 3 aromatic rings. The van der Waals surface area contributed by atoms with Crippen LogP contribution in [0, 0.1) is 12.8 Å². The van der Waals surface area contributed by atoms with Crippen LogP contribution in [0.25, 0.3) is 11.1 Å². The summed E-state index contributed by atoms with van der Waals surface area (Å²) in [5, 5.41) is 14.8. The van der Waals surface area contributed by atoms with Crippen molar-refractivity contribution in [2.45, 2.75) is 32.7 Å². The number of rotatable bonds is 7. The highest BCUT2D eigenvalue weighted by molar-refractivity contribution is 6.03. The quantitative estimate of drug-likeness (QED) is 0.439. The molecule has 0 unspecified atom stereocenters. The lowest BCUT2D eigenvalue weighted by Crippen LogP contribution is -2.47. The van der Waals surface area contributed by atoms with Crippen molar-refractivity contribution in [3.8, 4) is 11.1 Å². The van der Waals surface area contributed by atoms with E-state index in [2.05, 4.69) is 22.8 Å². The van der Waals surface area contributed by atoms with Crippen LogP contribution < -0.4 is 10.6 Å². The van der Waals surface area contributed by atoms with Gasteiger partial charge in [-0.15, -0.1) is 0 Å². The molecule has 4 rings (SSSR count). The Balaban J connectivity index is 1.45. The Hall–Kier alpha value is -4.13. The summed E-state index contributed by atoms with van der Waals surface area (Å²) in [5.74, 6) is -2.00. The molecule has 0 radical (unpaired) electrons. The molecular weight excluding hydrogens is 444 g/mol. The monoisotopic (exact) mass is 472 g/mol. The predicted octanol–water partition coefficient (Wildman–Crippen LogP) is 5.20. The van der Waals surface area contributed by atoms with Crippen molar-refractivity contribution in [3.05, 3.63) is 89.0 Å². The Morgan fingerprint density at radius 3 is 2.09 bits per heavy atom. The highest BCUT2D eigenvalue weighted by Gasteiger charge is 2.30. The minimum atomic E-state index is -1.14. The van der Waals surface area contributed by atoms with E-state index in [1.54, 1.807) is 32.9 Å². The normalized spacial score (nSPS) is 13.0. The van der Waals surface area contributed by atoms with Gasteiger partial charge in [-0.25, -0.2) is 9.59 Å². The fourth-order valence-corrected chi connectivity index (χ4v) is 4.57. The zero-order valence-electron chi connectivity index (χ0n) is 19.9. The summed E-state index contributed by atoms with van der Waals surface area (Å²) in [6, 6.07) is 20.0. The van der Waals surface area contributed by atoms with Gasteiger partial charge in [0.05, 0.1) is 11.3 Å². The Morgan fingerprint density at radius 1 is 0.914 bits per heavy atom. The van der Waals surface area contributed by atoms with Gasteiger partial charge in [-0.3, -0.25) is 4.79 Å².